The van der Waals surface area contributed by atoms with E-state index in [0.717, 1.165) is 24.5 Å². The van der Waals surface area contributed by atoms with Crippen molar-refractivity contribution in [3.05, 3.63) is 70.0 Å². The summed E-state index contributed by atoms with van der Waals surface area (Å²) < 4.78 is 7.26. The van der Waals surface area contributed by atoms with Crippen molar-refractivity contribution in [2.24, 2.45) is 0 Å². The molecule has 0 N–H and O–H groups in total. The zero-order valence-electron chi connectivity index (χ0n) is 16.2. The largest absolute Gasteiger partial charge is 0.495 e. The van der Waals surface area contributed by atoms with Crippen LogP contribution in [-0.4, -0.2) is 48.7 Å². The second-order valence-corrected chi connectivity index (χ2v) is 7.45. The number of ether oxygens (including phenoxy) is 1. The Kier molecular flexibility index (Phi) is 5.45. The van der Waals surface area contributed by atoms with E-state index in [-0.39, 0.29) is 17.9 Å². The maximum atomic E-state index is 12.9. The van der Waals surface area contributed by atoms with Crippen molar-refractivity contribution in [1.82, 2.24) is 9.47 Å². The molecule has 1 aliphatic rings. The zero-order chi connectivity index (χ0) is 20.4. The maximum absolute atomic E-state index is 12.9. The molecule has 0 unspecified atom stereocenters. The maximum Gasteiger partial charge on any atom is 0.242 e. The molecule has 1 aliphatic heterocycles. The van der Waals surface area contributed by atoms with Gasteiger partial charge in [-0.15, -0.1) is 0 Å². The molecule has 0 bridgehead atoms. The zero-order valence-corrected chi connectivity index (χ0v) is 16.9. The molecule has 29 heavy (non-hydrogen) atoms. The summed E-state index contributed by atoms with van der Waals surface area (Å²) in [6, 6.07) is 14.6. The Balaban J connectivity index is 1.46. The number of anilines is 1. The van der Waals surface area contributed by atoms with Crippen LogP contribution in [0.5, 0.6) is 5.75 Å². The van der Waals surface area contributed by atoms with Crippen LogP contribution < -0.4 is 15.1 Å². The molecule has 0 radical (unpaired) electrons. The molecule has 0 spiro atoms. The number of hydrogen-bond donors (Lipinski definition) is 0. The number of carbonyl (C=O) groups excluding carboxylic acids is 1. The Hall–Kier alpha value is -2.99. The molecule has 1 aromatic heterocycles. The molecule has 6 nitrogen and oxygen atoms in total. The predicted octanol–water partition coefficient (Wildman–Crippen LogP) is 3.01. The highest BCUT2D eigenvalue weighted by Crippen LogP contribution is 2.28. The Bertz CT molecular complexity index is 1100. The number of methoxy groups -OCH3 is 1. The average molecular weight is 412 g/mol. The summed E-state index contributed by atoms with van der Waals surface area (Å²) >= 11 is 6.02. The van der Waals surface area contributed by atoms with Gasteiger partial charge in [-0.2, -0.15) is 0 Å². The minimum Gasteiger partial charge on any atom is -0.495 e. The van der Waals surface area contributed by atoms with Gasteiger partial charge >= 0.3 is 0 Å². The minimum atomic E-state index is -0.100. The van der Waals surface area contributed by atoms with Gasteiger partial charge in [-0.1, -0.05) is 23.7 Å². The van der Waals surface area contributed by atoms with Crippen LogP contribution in [0.3, 0.4) is 0 Å². The van der Waals surface area contributed by atoms with Crippen molar-refractivity contribution in [1.29, 1.82) is 0 Å². The molecule has 150 valence electrons. The van der Waals surface area contributed by atoms with Crippen molar-refractivity contribution in [2.45, 2.75) is 6.54 Å². The summed E-state index contributed by atoms with van der Waals surface area (Å²) in [7, 11) is 1.67. The third-order valence-electron chi connectivity index (χ3n) is 5.30. The Morgan fingerprint density at radius 1 is 1.07 bits per heavy atom. The summed E-state index contributed by atoms with van der Waals surface area (Å²) in [6.07, 6.45) is 1.67. The molecular formula is C22H22ClN3O3. The van der Waals surface area contributed by atoms with E-state index < -0.39 is 0 Å². The fourth-order valence-corrected chi connectivity index (χ4v) is 3.93. The quantitative estimate of drug-likeness (QED) is 0.662. The molecular weight excluding hydrogens is 390 g/mol. The van der Waals surface area contributed by atoms with Gasteiger partial charge in [0.2, 0.25) is 5.91 Å². The average Bonchev–Trinajstić information content (AvgIpc) is 2.76. The Morgan fingerprint density at radius 2 is 1.83 bits per heavy atom. The molecule has 1 amide bonds. The van der Waals surface area contributed by atoms with Crippen LogP contribution in [0.4, 0.5) is 5.69 Å². The lowest BCUT2D eigenvalue weighted by Gasteiger charge is -2.36. The molecule has 4 rings (SSSR count). The number of pyridine rings is 1. The van der Waals surface area contributed by atoms with Gasteiger partial charge in [0.25, 0.3) is 0 Å². The van der Waals surface area contributed by atoms with Crippen LogP contribution in [0.15, 0.2) is 59.5 Å². The number of nitrogens with zero attached hydrogens (tertiary/aromatic N) is 3. The molecule has 0 saturated carbocycles. The predicted molar refractivity (Wildman–Crippen MR) is 115 cm³/mol. The van der Waals surface area contributed by atoms with Gasteiger partial charge in [-0.05, 0) is 30.3 Å². The minimum absolute atomic E-state index is 0.0320. The van der Waals surface area contributed by atoms with Gasteiger partial charge in [0.1, 0.15) is 12.3 Å². The standard InChI is InChI=1S/C22H22ClN3O3/c1-29-21-5-3-2-4-19(21)24-10-12-25(13-11-24)22(28)15-26-9-8-20(27)17-14-16(23)6-7-18(17)26/h2-9,14H,10-13,15H2,1H3. The third kappa shape index (κ3) is 3.93. The van der Waals surface area contributed by atoms with Crippen LogP contribution in [0.1, 0.15) is 0 Å². The SMILES string of the molecule is COc1ccccc1N1CCN(C(=O)Cn2ccc(=O)c3cc(Cl)ccc32)CC1. The number of aromatic nitrogens is 1. The van der Waals surface area contributed by atoms with E-state index in [9.17, 15) is 9.59 Å². The van der Waals surface area contributed by atoms with Gasteiger partial charge in [0.05, 0.1) is 18.3 Å². The highest BCUT2D eigenvalue weighted by atomic mass is 35.5. The number of halogens is 1. The lowest BCUT2D eigenvalue weighted by atomic mass is 10.2. The summed E-state index contributed by atoms with van der Waals surface area (Å²) in [6.45, 7) is 2.95. The summed E-state index contributed by atoms with van der Waals surface area (Å²) in [4.78, 5) is 29.1. The third-order valence-corrected chi connectivity index (χ3v) is 5.54. The second-order valence-electron chi connectivity index (χ2n) is 7.01. The lowest BCUT2D eigenvalue weighted by molar-refractivity contribution is -0.132. The first-order valence-corrected chi connectivity index (χ1v) is 9.89. The highest BCUT2D eigenvalue weighted by Gasteiger charge is 2.23. The Morgan fingerprint density at radius 3 is 2.59 bits per heavy atom. The van der Waals surface area contributed by atoms with Crippen LogP contribution in [0, 0.1) is 0 Å². The molecule has 7 heteroatoms. The summed E-state index contributed by atoms with van der Waals surface area (Å²) in [5.74, 6) is 0.871. The topological polar surface area (TPSA) is 54.8 Å². The number of carbonyl (C=O) groups is 1. The lowest BCUT2D eigenvalue weighted by Crippen LogP contribution is -2.49. The smallest absolute Gasteiger partial charge is 0.242 e. The molecule has 2 heterocycles. The molecule has 2 aromatic carbocycles. The highest BCUT2D eigenvalue weighted by molar-refractivity contribution is 6.31. The van der Waals surface area contributed by atoms with Gasteiger partial charge in [-0.25, -0.2) is 0 Å². The number of para-hydroxylation sites is 2. The van der Waals surface area contributed by atoms with Crippen molar-refractivity contribution >= 4 is 34.1 Å². The molecule has 0 atom stereocenters. The van der Waals surface area contributed by atoms with E-state index in [1.54, 1.807) is 31.5 Å². The number of fused-ring (bicyclic) bond motifs is 1. The number of hydrogen-bond acceptors (Lipinski definition) is 4. The van der Waals surface area contributed by atoms with E-state index >= 15 is 0 Å². The molecule has 3 aromatic rings. The monoisotopic (exact) mass is 411 g/mol. The first-order chi connectivity index (χ1) is 14.1. The van der Waals surface area contributed by atoms with Crippen LogP contribution >= 0.6 is 11.6 Å². The summed E-state index contributed by atoms with van der Waals surface area (Å²) in [5.41, 5.74) is 1.66. The Labute approximate surface area is 173 Å². The normalized spacial score (nSPS) is 14.3. The van der Waals surface area contributed by atoms with Gasteiger partial charge in [0.15, 0.2) is 5.43 Å². The van der Waals surface area contributed by atoms with Gasteiger partial charge in [0, 0.05) is 48.9 Å². The number of benzene rings is 2. The van der Waals surface area contributed by atoms with Crippen molar-refractivity contribution in [2.75, 3.05) is 38.2 Å². The molecule has 0 aliphatic carbocycles. The first kappa shape index (κ1) is 19.3. The van der Waals surface area contributed by atoms with Crippen molar-refractivity contribution < 1.29 is 9.53 Å². The van der Waals surface area contributed by atoms with Gasteiger partial charge in [-0.3, -0.25) is 9.59 Å². The fraction of sp³-hybridized carbons (Fsp3) is 0.273. The van der Waals surface area contributed by atoms with Gasteiger partial charge < -0.3 is 19.1 Å². The summed E-state index contributed by atoms with van der Waals surface area (Å²) in [5, 5.41) is 1.03. The fourth-order valence-electron chi connectivity index (χ4n) is 3.76. The van der Waals surface area contributed by atoms with E-state index in [4.69, 9.17) is 16.3 Å². The van der Waals surface area contributed by atoms with Crippen LogP contribution in [-0.2, 0) is 11.3 Å². The molecule has 1 fully saturated rings. The number of rotatable bonds is 4. The van der Waals surface area contributed by atoms with Crippen LogP contribution in [0.25, 0.3) is 10.9 Å². The number of amides is 1. The van der Waals surface area contributed by atoms with Crippen molar-refractivity contribution in [3.63, 3.8) is 0 Å². The molecule has 1 saturated heterocycles. The van der Waals surface area contributed by atoms with E-state index in [0.29, 0.717) is 29.0 Å². The van der Waals surface area contributed by atoms with E-state index in [1.165, 1.54) is 6.07 Å². The second kappa shape index (κ2) is 8.17. The first-order valence-electron chi connectivity index (χ1n) is 9.51. The van der Waals surface area contributed by atoms with Crippen LogP contribution in [0.2, 0.25) is 5.02 Å². The van der Waals surface area contributed by atoms with E-state index in [2.05, 4.69) is 4.90 Å². The van der Waals surface area contributed by atoms with Crippen molar-refractivity contribution in [3.8, 4) is 5.75 Å². The number of piperazine rings is 1. The van der Waals surface area contributed by atoms with E-state index in [1.807, 2.05) is 33.7 Å².